The van der Waals surface area contributed by atoms with Crippen LogP contribution in [0.5, 0.6) is 28.7 Å². The maximum absolute atomic E-state index is 13.9. The molecule has 5 rings (SSSR count). The fraction of sp³-hybridized carbons (Fsp3) is 0.480. The number of benzene rings is 2. The number of fused-ring (bicyclic) bond motifs is 2. The first-order valence-electron chi connectivity index (χ1n) is 12.4. The lowest BCUT2D eigenvalue weighted by molar-refractivity contribution is -0.274. The number of sulfonamides is 1. The van der Waals surface area contributed by atoms with Crippen LogP contribution in [0.1, 0.15) is 11.1 Å². The number of alkyl halides is 3. The van der Waals surface area contributed by atoms with Gasteiger partial charge in [-0.05, 0) is 43.3 Å². The van der Waals surface area contributed by atoms with E-state index in [0.29, 0.717) is 30.8 Å². The van der Waals surface area contributed by atoms with E-state index in [0.717, 1.165) is 17.7 Å². The highest BCUT2D eigenvalue weighted by molar-refractivity contribution is 7.89. The molecule has 0 unspecified atom stereocenters. The van der Waals surface area contributed by atoms with E-state index in [1.165, 1.54) is 28.4 Å². The molecule has 40 heavy (non-hydrogen) atoms. The van der Waals surface area contributed by atoms with Crippen LogP contribution in [-0.2, 0) is 27.8 Å². The van der Waals surface area contributed by atoms with Crippen molar-refractivity contribution in [3.8, 4) is 28.7 Å². The van der Waals surface area contributed by atoms with Crippen molar-refractivity contribution in [3.05, 3.63) is 35.4 Å². The zero-order chi connectivity index (χ0) is 28.7. The molecule has 3 aliphatic heterocycles. The Morgan fingerprint density at radius 1 is 0.975 bits per heavy atom. The second-order valence-electron chi connectivity index (χ2n) is 9.46. The number of piperazine rings is 1. The first kappa shape index (κ1) is 28.1. The van der Waals surface area contributed by atoms with Gasteiger partial charge in [0.1, 0.15) is 16.4 Å². The summed E-state index contributed by atoms with van der Waals surface area (Å²) in [6.07, 6.45) is -4.31. The van der Waals surface area contributed by atoms with Crippen molar-refractivity contribution in [1.29, 1.82) is 0 Å². The SMILES string of the molecule is COc1c2c(c(S(=O)(=O)N3CCN(C(=O)COc4ccc(OC(F)(F)F)cc4)CC3)c3c1OCO3)CCN(C)C2. The molecule has 1 fully saturated rings. The summed E-state index contributed by atoms with van der Waals surface area (Å²) in [5, 5.41) is 0. The van der Waals surface area contributed by atoms with Gasteiger partial charge in [-0.15, -0.1) is 13.2 Å². The van der Waals surface area contributed by atoms with Gasteiger partial charge >= 0.3 is 6.36 Å². The first-order chi connectivity index (χ1) is 19.0. The molecule has 218 valence electrons. The topological polar surface area (TPSA) is 107 Å². The molecule has 0 N–H and O–H groups in total. The molecule has 0 spiro atoms. The van der Waals surface area contributed by atoms with Gasteiger partial charge in [0.05, 0.1) is 7.11 Å². The smallest absolute Gasteiger partial charge is 0.492 e. The Balaban J connectivity index is 1.25. The van der Waals surface area contributed by atoms with E-state index in [-0.39, 0.29) is 67.6 Å². The number of likely N-dealkylation sites (N-methyl/N-ethyl adjacent to an activating group) is 1. The lowest BCUT2D eigenvalue weighted by Crippen LogP contribution is -2.51. The van der Waals surface area contributed by atoms with Gasteiger partial charge in [0.15, 0.2) is 18.1 Å². The van der Waals surface area contributed by atoms with E-state index in [1.807, 2.05) is 7.05 Å². The van der Waals surface area contributed by atoms with Gasteiger partial charge in [-0.1, -0.05) is 0 Å². The third-order valence-electron chi connectivity index (χ3n) is 6.92. The summed E-state index contributed by atoms with van der Waals surface area (Å²) < 4.78 is 92.2. The fourth-order valence-corrected chi connectivity index (χ4v) is 6.84. The van der Waals surface area contributed by atoms with Crippen LogP contribution in [-0.4, -0.2) is 95.1 Å². The Morgan fingerprint density at radius 3 is 2.27 bits per heavy atom. The van der Waals surface area contributed by atoms with Gasteiger partial charge in [-0.3, -0.25) is 4.79 Å². The van der Waals surface area contributed by atoms with Crippen molar-refractivity contribution in [2.75, 3.05) is 60.3 Å². The number of nitrogens with zero attached hydrogens (tertiary/aromatic N) is 3. The normalized spacial score (nSPS) is 17.9. The average molecular weight is 588 g/mol. The number of amides is 1. The van der Waals surface area contributed by atoms with E-state index in [1.54, 1.807) is 0 Å². The zero-order valence-corrected chi connectivity index (χ0v) is 22.6. The van der Waals surface area contributed by atoms with Crippen molar-refractivity contribution in [2.24, 2.45) is 0 Å². The summed E-state index contributed by atoms with van der Waals surface area (Å²) in [6.45, 7) is 1.09. The largest absolute Gasteiger partial charge is 0.573 e. The van der Waals surface area contributed by atoms with E-state index < -0.39 is 22.1 Å². The molecule has 11 nitrogen and oxygen atoms in total. The lowest BCUT2D eigenvalue weighted by atomic mass is 9.97. The molecule has 15 heteroatoms. The van der Waals surface area contributed by atoms with Crippen LogP contribution in [0, 0.1) is 0 Å². The maximum atomic E-state index is 13.9. The minimum atomic E-state index is -4.81. The van der Waals surface area contributed by atoms with Crippen LogP contribution < -0.4 is 23.7 Å². The number of carbonyl (C=O) groups excluding carboxylic acids is 1. The van der Waals surface area contributed by atoms with E-state index in [2.05, 4.69) is 9.64 Å². The van der Waals surface area contributed by atoms with E-state index in [9.17, 15) is 26.4 Å². The molecule has 1 saturated heterocycles. The van der Waals surface area contributed by atoms with Crippen molar-refractivity contribution in [2.45, 2.75) is 24.2 Å². The highest BCUT2D eigenvalue weighted by Gasteiger charge is 2.41. The zero-order valence-electron chi connectivity index (χ0n) is 21.8. The molecule has 0 aromatic heterocycles. The van der Waals surface area contributed by atoms with Gasteiger partial charge < -0.3 is 33.5 Å². The van der Waals surface area contributed by atoms with E-state index >= 15 is 0 Å². The van der Waals surface area contributed by atoms with Gasteiger partial charge in [-0.2, -0.15) is 4.31 Å². The summed E-state index contributed by atoms with van der Waals surface area (Å²) in [6, 6.07) is 4.68. The highest BCUT2D eigenvalue weighted by Crippen LogP contribution is 2.51. The number of carbonyl (C=O) groups is 1. The number of ether oxygens (including phenoxy) is 5. The average Bonchev–Trinajstić information content (AvgIpc) is 3.39. The van der Waals surface area contributed by atoms with Crippen LogP contribution in [0.4, 0.5) is 13.2 Å². The predicted molar refractivity (Wildman–Crippen MR) is 133 cm³/mol. The standard InChI is InChI=1S/C25H28F3N3O8S/c1-29-8-7-18-19(13-29)21(35-2)22-23(38-15-37-22)24(18)40(33,34)31-11-9-30(10-12-31)20(32)14-36-16-3-5-17(6-4-16)39-25(26,27)28/h3-6H,7-15H2,1-2H3. The fourth-order valence-electron chi connectivity index (χ4n) is 5.02. The Labute approximate surface area is 228 Å². The van der Waals surface area contributed by atoms with Crippen molar-refractivity contribution >= 4 is 15.9 Å². The predicted octanol–water partition coefficient (Wildman–Crippen LogP) is 2.22. The minimum absolute atomic E-state index is 0.0634. The van der Waals surface area contributed by atoms with Gasteiger partial charge in [-0.25, -0.2) is 8.42 Å². The molecule has 2 aromatic carbocycles. The molecule has 0 bridgehead atoms. The van der Waals surface area contributed by atoms with Gasteiger partial charge in [0, 0.05) is 44.8 Å². The van der Waals surface area contributed by atoms with Crippen LogP contribution >= 0.6 is 0 Å². The molecule has 2 aromatic rings. The Kier molecular flexibility index (Phi) is 7.63. The third kappa shape index (κ3) is 5.58. The quantitative estimate of drug-likeness (QED) is 0.482. The molecule has 1 amide bonds. The van der Waals surface area contributed by atoms with Gasteiger partial charge in [0.25, 0.3) is 5.91 Å². The Hall–Kier alpha value is -3.43. The summed E-state index contributed by atoms with van der Waals surface area (Å²) in [4.78, 5) is 16.3. The molecule has 0 atom stereocenters. The summed E-state index contributed by atoms with van der Waals surface area (Å²) in [5.74, 6) is 0.310. The van der Waals surface area contributed by atoms with Crippen LogP contribution in [0.2, 0.25) is 0 Å². The maximum Gasteiger partial charge on any atom is 0.573 e. The monoisotopic (exact) mass is 587 g/mol. The lowest BCUT2D eigenvalue weighted by Gasteiger charge is -2.35. The number of rotatable bonds is 7. The molecule has 0 aliphatic carbocycles. The van der Waals surface area contributed by atoms with E-state index in [4.69, 9.17) is 18.9 Å². The molecule has 0 radical (unpaired) electrons. The number of hydrogen-bond donors (Lipinski definition) is 0. The Morgan fingerprint density at radius 2 is 1.62 bits per heavy atom. The molecule has 3 heterocycles. The summed E-state index contributed by atoms with van der Waals surface area (Å²) in [5.41, 5.74) is 1.40. The molecule has 3 aliphatic rings. The van der Waals surface area contributed by atoms with Crippen molar-refractivity contribution in [3.63, 3.8) is 0 Å². The summed E-state index contributed by atoms with van der Waals surface area (Å²) >= 11 is 0. The number of methoxy groups -OCH3 is 1. The molecular weight excluding hydrogens is 559 g/mol. The van der Waals surface area contributed by atoms with Crippen molar-refractivity contribution in [1.82, 2.24) is 14.1 Å². The molecular formula is C25H28F3N3O8S. The van der Waals surface area contributed by atoms with Crippen LogP contribution in [0.3, 0.4) is 0 Å². The molecule has 0 saturated carbocycles. The third-order valence-corrected chi connectivity index (χ3v) is 8.91. The minimum Gasteiger partial charge on any atom is -0.492 e. The second-order valence-corrected chi connectivity index (χ2v) is 11.3. The van der Waals surface area contributed by atoms with Crippen LogP contribution in [0.25, 0.3) is 0 Å². The first-order valence-corrected chi connectivity index (χ1v) is 13.9. The Bertz CT molecular complexity index is 1380. The van der Waals surface area contributed by atoms with Crippen molar-refractivity contribution < 1.29 is 50.1 Å². The number of halogens is 3. The summed E-state index contributed by atoms with van der Waals surface area (Å²) in [7, 11) is -0.545. The second kappa shape index (κ2) is 10.9. The van der Waals surface area contributed by atoms with Crippen LogP contribution in [0.15, 0.2) is 29.2 Å². The van der Waals surface area contributed by atoms with Gasteiger partial charge in [0.2, 0.25) is 22.6 Å². The number of hydrogen-bond acceptors (Lipinski definition) is 9. The highest BCUT2D eigenvalue weighted by atomic mass is 32.2.